The van der Waals surface area contributed by atoms with Crippen LogP contribution >= 0.6 is 0 Å². The van der Waals surface area contributed by atoms with Gasteiger partial charge in [-0.25, -0.2) is 4.39 Å². The normalized spacial score (nSPS) is 12.1. The highest BCUT2D eigenvalue weighted by Crippen LogP contribution is 2.24. The van der Waals surface area contributed by atoms with E-state index in [1.807, 2.05) is 31.2 Å². The second-order valence-corrected chi connectivity index (χ2v) is 5.02. The lowest BCUT2D eigenvalue weighted by Crippen LogP contribution is -2.22. The molecular formula is C17H21FN2O. The van der Waals surface area contributed by atoms with Crippen LogP contribution in [0.3, 0.4) is 0 Å². The van der Waals surface area contributed by atoms with E-state index in [-0.39, 0.29) is 11.9 Å². The van der Waals surface area contributed by atoms with Gasteiger partial charge in [-0.05, 0) is 36.6 Å². The van der Waals surface area contributed by atoms with Gasteiger partial charge in [0.25, 0.3) is 0 Å². The van der Waals surface area contributed by atoms with Crippen molar-refractivity contribution in [2.24, 2.45) is 5.73 Å². The van der Waals surface area contributed by atoms with Gasteiger partial charge in [0.2, 0.25) is 0 Å². The van der Waals surface area contributed by atoms with E-state index >= 15 is 0 Å². The van der Waals surface area contributed by atoms with Gasteiger partial charge in [0, 0.05) is 24.4 Å². The number of rotatable bonds is 7. The Morgan fingerprint density at radius 2 is 2.10 bits per heavy atom. The molecule has 1 atom stereocenters. The standard InChI is InChI=1S/C17H21FN2O/c1-2-14(19)12-13-6-5-8-16(18)17(13)21-11-9-15-7-3-4-10-20-15/h3-8,10,14H,2,9,11-12,19H2,1H3. The third-order valence-electron chi connectivity index (χ3n) is 3.39. The SMILES string of the molecule is CCC(N)Cc1cccc(F)c1OCCc1ccccn1. The number of nitrogens with two attached hydrogens (primary N) is 1. The number of halogens is 1. The highest BCUT2D eigenvalue weighted by atomic mass is 19.1. The van der Waals surface area contributed by atoms with E-state index < -0.39 is 0 Å². The molecule has 2 N–H and O–H groups in total. The van der Waals surface area contributed by atoms with E-state index in [1.54, 1.807) is 12.3 Å². The molecule has 112 valence electrons. The van der Waals surface area contributed by atoms with Crippen molar-refractivity contribution in [2.75, 3.05) is 6.61 Å². The summed E-state index contributed by atoms with van der Waals surface area (Å²) in [5.74, 6) is -0.0193. The Labute approximate surface area is 125 Å². The average Bonchev–Trinajstić information content (AvgIpc) is 2.51. The van der Waals surface area contributed by atoms with E-state index in [2.05, 4.69) is 4.98 Å². The van der Waals surface area contributed by atoms with Gasteiger partial charge in [-0.1, -0.05) is 25.1 Å². The number of hydrogen-bond acceptors (Lipinski definition) is 3. The summed E-state index contributed by atoms with van der Waals surface area (Å²) in [5, 5.41) is 0. The van der Waals surface area contributed by atoms with Crippen molar-refractivity contribution in [3.63, 3.8) is 0 Å². The van der Waals surface area contributed by atoms with Crippen molar-refractivity contribution in [3.8, 4) is 5.75 Å². The highest BCUT2D eigenvalue weighted by molar-refractivity contribution is 5.35. The van der Waals surface area contributed by atoms with Crippen LogP contribution in [0.2, 0.25) is 0 Å². The number of hydrogen-bond donors (Lipinski definition) is 1. The van der Waals surface area contributed by atoms with Crippen molar-refractivity contribution < 1.29 is 9.13 Å². The largest absolute Gasteiger partial charge is 0.490 e. The minimum Gasteiger partial charge on any atom is -0.490 e. The van der Waals surface area contributed by atoms with Gasteiger partial charge in [0.05, 0.1) is 6.61 Å². The summed E-state index contributed by atoms with van der Waals surface area (Å²) >= 11 is 0. The van der Waals surface area contributed by atoms with Crippen LogP contribution in [0.5, 0.6) is 5.75 Å². The average molecular weight is 288 g/mol. The molecule has 0 aliphatic heterocycles. The fraction of sp³-hybridized carbons (Fsp3) is 0.353. The zero-order valence-corrected chi connectivity index (χ0v) is 12.3. The Morgan fingerprint density at radius 3 is 2.81 bits per heavy atom. The van der Waals surface area contributed by atoms with E-state index in [4.69, 9.17) is 10.5 Å². The van der Waals surface area contributed by atoms with Gasteiger partial charge in [0.1, 0.15) is 0 Å². The first kappa shape index (κ1) is 15.4. The van der Waals surface area contributed by atoms with Crippen molar-refractivity contribution in [1.29, 1.82) is 0 Å². The Kier molecular flexibility index (Phi) is 5.69. The molecule has 2 rings (SSSR count). The molecule has 0 bridgehead atoms. The molecule has 0 amide bonds. The van der Waals surface area contributed by atoms with E-state index in [9.17, 15) is 4.39 Å². The molecule has 0 radical (unpaired) electrons. The number of ether oxygens (including phenoxy) is 1. The smallest absolute Gasteiger partial charge is 0.165 e. The minimum atomic E-state index is -0.336. The molecule has 0 saturated carbocycles. The van der Waals surface area contributed by atoms with Gasteiger partial charge in [-0.2, -0.15) is 0 Å². The predicted molar refractivity (Wildman–Crippen MR) is 81.8 cm³/mol. The summed E-state index contributed by atoms with van der Waals surface area (Å²) in [4.78, 5) is 4.22. The Balaban J connectivity index is 2.01. The van der Waals surface area contributed by atoms with Crippen LogP contribution in [0, 0.1) is 5.82 Å². The van der Waals surface area contributed by atoms with Crippen LogP contribution in [0.1, 0.15) is 24.6 Å². The lowest BCUT2D eigenvalue weighted by molar-refractivity contribution is 0.300. The molecule has 1 unspecified atom stereocenters. The Bertz CT molecular complexity index is 560. The summed E-state index contributed by atoms with van der Waals surface area (Å²) in [7, 11) is 0. The van der Waals surface area contributed by atoms with E-state index in [0.29, 0.717) is 25.2 Å². The molecule has 0 fully saturated rings. The summed E-state index contributed by atoms with van der Waals surface area (Å²) in [5.41, 5.74) is 7.71. The lowest BCUT2D eigenvalue weighted by Gasteiger charge is -2.15. The fourth-order valence-corrected chi connectivity index (χ4v) is 2.11. The molecule has 3 nitrogen and oxygen atoms in total. The number of aromatic nitrogens is 1. The second kappa shape index (κ2) is 7.74. The van der Waals surface area contributed by atoms with Crippen molar-refractivity contribution in [2.45, 2.75) is 32.2 Å². The van der Waals surface area contributed by atoms with E-state index in [1.165, 1.54) is 6.07 Å². The summed E-state index contributed by atoms with van der Waals surface area (Å²) in [6, 6.07) is 10.7. The molecule has 21 heavy (non-hydrogen) atoms. The molecule has 1 aromatic heterocycles. The van der Waals surface area contributed by atoms with Crippen LogP contribution in [-0.4, -0.2) is 17.6 Å². The third-order valence-corrected chi connectivity index (χ3v) is 3.39. The van der Waals surface area contributed by atoms with Gasteiger partial charge >= 0.3 is 0 Å². The second-order valence-electron chi connectivity index (χ2n) is 5.02. The Hall–Kier alpha value is -1.94. The number of nitrogens with zero attached hydrogens (tertiary/aromatic N) is 1. The molecule has 0 spiro atoms. The maximum atomic E-state index is 13.9. The minimum absolute atomic E-state index is 0.0185. The number of para-hydroxylation sites is 1. The number of pyridine rings is 1. The molecule has 0 aliphatic carbocycles. The van der Waals surface area contributed by atoms with Crippen LogP contribution < -0.4 is 10.5 Å². The topological polar surface area (TPSA) is 48.1 Å². The summed E-state index contributed by atoms with van der Waals surface area (Å²) in [6.07, 6.45) is 3.86. The first-order valence-electron chi connectivity index (χ1n) is 7.26. The molecule has 1 aromatic carbocycles. The van der Waals surface area contributed by atoms with Gasteiger partial charge in [0.15, 0.2) is 11.6 Å². The first-order valence-corrected chi connectivity index (χ1v) is 7.26. The first-order chi connectivity index (χ1) is 10.2. The Morgan fingerprint density at radius 1 is 1.24 bits per heavy atom. The number of benzene rings is 1. The van der Waals surface area contributed by atoms with Crippen molar-refractivity contribution >= 4 is 0 Å². The quantitative estimate of drug-likeness (QED) is 0.851. The molecule has 1 heterocycles. The molecular weight excluding hydrogens is 267 g/mol. The summed E-state index contributed by atoms with van der Waals surface area (Å²) in [6.45, 7) is 2.41. The lowest BCUT2D eigenvalue weighted by atomic mass is 10.0. The maximum Gasteiger partial charge on any atom is 0.165 e. The summed E-state index contributed by atoms with van der Waals surface area (Å²) < 4.78 is 19.6. The van der Waals surface area contributed by atoms with Crippen LogP contribution in [-0.2, 0) is 12.8 Å². The van der Waals surface area contributed by atoms with Crippen LogP contribution in [0.15, 0.2) is 42.6 Å². The zero-order chi connectivity index (χ0) is 15.1. The molecule has 4 heteroatoms. The molecule has 0 aliphatic rings. The van der Waals surface area contributed by atoms with Gasteiger partial charge in [-0.15, -0.1) is 0 Å². The van der Waals surface area contributed by atoms with Crippen molar-refractivity contribution in [1.82, 2.24) is 4.98 Å². The monoisotopic (exact) mass is 288 g/mol. The molecule has 2 aromatic rings. The van der Waals surface area contributed by atoms with Crippen LogP contribution in [0.25, 0.3) is 0 Å². The predicted octanol–water partition coefficient (Wildman–Crippen LogP) is 3.12. The van der Waals surface area contributed by atoms with Gasteiger partial charge in [-0.3, -0.25) is 4.98 Å². The third kappa shape index (κ3) is 4.53. The van der Waals surface area contributed by atoms with Crippen LogP contribution in [0.4, 0.5) is 4.39 Å². The van der Waals surface area contributed by atoms with E-state index in [0.717, 1.165) is 17.7 Å². The zero-order valence-electron chi connectivity index (χ0n) is 12.3. The maximum absolute atomic E-state index is 13.9. The molecule has 0 saturated heterocycles. The fourth-order valence-electron chi connectivity index (χ4n) is 2.11. The van der Waals surface area contributed by atoms with Crippen molar-refractivity contribution in [3.05, 3.63) is 59.7 Å². The highest BCUT2D eigenvalue weighted by Gasteiger charge is 2.12. The van der Waals surface area contributed by atoms with Gasteiger partial charge < -0.3 is 10.5 Å².